The summed E-state index contributed by atoms with van der Waals surface area (Å²) in [6.45, 7) is 7.95. The number of benzene rings is 3. The number of rotatable bonds is 10. The number of nitrogens with one attached hydrogen (secondary N) is 2. The van der Waals surface area contributed by atoms with Gasteiger partial charge in [0.1, 0.15) is 5.75 Å². The van der Waals surface area contributed by atoms with Crippen molar-refractivity contribution in [3.8, 4) is 5.75 Å². The van der Waals surface area contributed by atoms with Crippen molar-refractivity contribution in [2.24, 2.45) is 0 Å². The van der Waals surface area contributed by atoms with Crippen LogP contribution in [0.2, 0.25) is 0 Å². The number of methoxy groups -OCH3 is 1. The molecule has 0 amide bonds. The summed E-state index contributed by atoms with van der Waals surface area (Å²) in [5.41, 5.74) is 9.59. The van der Waals surface area contributed by atoms with Gasteiger partial charge in [0, 0.05) is 19.0 Å². The Morgan fingerprint density at radius 3 is 1.58 bits per heavy atom. The van der Waals surface area contributed by atoms with E-state index in [1.54, 1.807) is 7.11 Å². The summed E-state index contributed by atoms with van der Waals surface area (Å²) < 4.78 is 5.39. The van der Waals surface area contributed by atoms with E-state index in [2.05, 4.69) is 122 Å². The van der Waals surface area contributed by atoms with Crippen LogP contribution >= 0.6 is 0 Å². The molecule has 0 saturated heterocycles. The van der Waals surface area contributed by atoms with Crippen LogP contribution in [-0.2, 0) is 13.1 Å². The zero-order valence-corrected chi connectivity index (χ0v) is 21.8. The second kappa shape index (κ2) is 13.1. The molecule has 2 bridgehead atoms. The molecule has 36 heavy (non-hydrogen) atoms. The maximum Gasteiger partial charge on any atom is 0.118 e. The Hall–Kier alpha value is -3.40. The van der Waals surface area contributed by atoms with Gasteiger partial charge in [-0.1, -0.05) is 98.8 Å². The van der Waals surface area contributed by atoms with Crippen LogP contribution in [0.15, 0.2) is 108 Å². The molecule has 2 N–H and O–H groups in total. The minimum absolute atomic E-state index is 0.172. The lowest BCUT2D eigenvalue weighted by molar-refractivity contribution is 0.414. The SMILES string of the molecule is C1=CC2=CC=C1C2.CCNCc1ccccc1C(c1ccc(OC)cc1)c1ccccc1CNCC. The van der Waals surface area contributed by atoms with Crippen LogP contribution in [0.3, 0.4) is 0 Å². The lowest BCUT2D eigenvalue weighted by atomic mass is 9.80. The number of hydrogen-bond donors (Lipinski definition) is 2. The van der Waals surface area contributed by atoms with Gasteiger partial charge in [-0.05, 0) is 70.6 Å². The molecule has 0 radical (unpaired) electrons. The average Bonchev–Trinajstić information content (AvgIpc) is 3.59. The van der Waals surface area contributed by atoms with E-state index in [9.17, 15) is 0 Å². The van der Waals surface area contributed by atoms with E-state index in [1.165, 1.54) is 45.4 Å². The Morgan fingerprint density at radius 1 is 0.694 bits per heavy atom. The van der Waals surface area contributed by atoms with Gasteiger partial charge >= 0.3 is 0 Å². The molecule has 0 aliphatic heterocycles. The molecule has 2 aliphatic carbocycles. The minimum atomic E-state index is 0.172. The fraction of sp³-hybridized carbons (Fsp3) is 0.273. The van der Waals surface area contributed by atoms with Gasteiger partial charge in [0.15, 0.2) is 0 Å². The molecule has 0 atom stereocenters. The summed E-state index contributed by atoms with van der Waals surface area (Å²) in [6, 6.07) is 26.1. The summed E-state index contributed by atoms with van der Waals surface area (Å²) in [7, 11) is 1.71. The molecule has 2 aliphatic rings. The molecule has 0 saturated carbocycles. The third-order valence-corrected chi connectivity index (χ3v) is 6.74. The first-order valence-corrected chi connectivity index (χ1v) is 13.0. The van der Waals surface area contributed by atoms with Gasteiger partial charge in [-0.15, -0.1) is 0 Å². The van der Waals surface area contributed by atoms with Crippen LogP contribution < -0.4 is 15.4 Å². The predicted molar refractivity (Wildman–Crippen MR) is 152 cm³/mol. The lowest BCUT2D eigenvalue weighted by Crippen LogP contribution is -2.18. The smallest absolute Gasteiger partial charge is 0.118 e. The van der Waals surface area contributed by atoms with Gasteiger partial charge in [-0.3, -0.25) is 0 Å². The maximum absolute atomic E-state index is 5.39. The van der Waals surface area contributed by atoms with Crippen LogP contribution in [0.4, 0.5) is 0 Å². The summed E-state index contributed by atoms with van der Waals surface area (Å²) in [4.78, 5) is 0. The topological polar surface area (TPSA) is 33.3 Å². The van der Waals surface area contributed by atoms with Gasteiger partial charge < -0.3 is 15.4 Å². The highest BCUT2D eigenvalue weighted by Crippen LogP contribution is 2.36. The van der Waals surface area contributed by atoms with Crippen LogP contribution in [-0.4, -0.2) is 20.2 Å². The molecule has 0 fully saturated rings. The first kappa shape index (κ1) is 25.7. The molecule has 0 aromatic heterocycles. The molecule has 186 valence electrons. The second-order valence-electron chi connectivity index (χ2n) is 9.16. The van der Waals surface area contributed by atoms with E-state index >= 15 is 0 Å². The first-order chi connectivity index (χ1) is 17.7. The Bertz CT molecular complexity index is 1150. The van der Waals surface area contributed by atoms with Crippen LogP contribution in [0.5, 0.6) is 5.75 Å². The predicted octanol–water partition coefficient (Wildman–Crippen LogP) is 6.91. The van der Waals surface area contributed by atoms with E-state index in [-0.39, 0.29) is 5.92 Å². The van der Waals surface area contributed by atoms with E-state index < -0.39 is 0 Å². The van der Waals surface area contributed by atoms with Gasteiger partial charge in [0.05, 0.1) is 7.11 Å². The van der Waals surface area contributed by atoms with Crippen molar-refractivity contribution >= 4 is 0 Å². The molecule has 0 heterocycles. The molecule has 3 heteroatoms. The highest BCUT2D eigenvalue weighted by molar-refractivity contribution is 5.50. The van der Waals surface area contributed by atoms with Crippen molar-refractivity contribution in [2.45, 2.75) is 39.3 Å². The minimum Gasteiger partial charge on any atom is -0.497 e. The molecular formula is C33H38N2O. The van der Waals surface area contributed by atoms with Crippen molar-refractivity contribution in [1.82, 2.24) is 10.6 Å². The van der Waals surface area contributed by atoms with Crippen molar-refractivity contribution in [3.63, 3.8) is 0 Å². The molecule has 3 nitrogen and oxygen atoms in total. The third-order valence-electron chi connectivity index (χ3n) is 6.74. The molecule has 5 rings (SSSR count). The normalized spacial score (nSPS) is 13.3. The molecule has 0 unspecified atom stereocenters. The number of fused-ring (bicyclic) bond motifs is 2. The van der Waals surface area contributed by atoms with Crippen molar-refractivity contribution in [3.05, 3.63) is 136 Å². The van der Waals surface area contributed by atoms with Crippen molar-refractivity contribution in [2.75, 3.05) is 20.2 Å². The Balaban J connectivity index is 0.000000367. The molecular weight excluding hydrogens is 440 g/mol. The Labute approximate surface area is 216 Å². The fourth-order valence-corrected chi connectivity index (χ4v) is 4.81. The maximum atomic E-state index is 5.39. The highest BCUT2D eigenvalue weighted by Gasteiger charge is 2.22. The van der Waals surface area contributed by atoms with E-state index in [0.29, 0.717) is 0 Å². The zero-order valence-electron chi connectivity index (χ0n) is 21.8. The van der Waals surface area contributed by atoms with E-state index in [0.717, 1.165) is 31.9 Å². The van der Waals surface area contributed by atoms with Crippen molar-refractivity contribution in [1.29, 1.82) is 0 Å². The highest BCUT2D eigenvalue weighted by atomic mass is 16.5. The van der Waals surface area contributed by atoms with Gasteiger partial charge in [0.2, 0.25) is 0 Å². The average molecular weight is 479 g/mol. The number of hydrogen-bond acceptors (Lipinski definition) is 3. The summed E-state index contributed by atoms with van der Waals surface area (Å²) in [6.07, 6.45) is 9.90. The standard InChI is InChI=1S/C26H32N2O.C7H6/c1-4-27-18-21-10-6-8-12-24(21)26(20-14-16-23(29-3)17-15-20)25-13-9-7-11-22(25)19-28-5-2;1-2-7-4-3-6(1)5-7/h6-17,26-28H,4-5,18-19H2,1-3H3;1-4H,5H2. The summed E-state index contributed by atoms with van der Waals surface area (Å²) in [5, 5.41) is 7.00. The fourth-order valence-electron chi connectivity index (χ4n) is 4.81. The summed E-state index contributed by atoms with van der Waals surface area (Å²) in [5.74, 6) is 1.06. The lowest BCUT2D eigenvalue weighted by Gasteiger charge is -2.25. The van der Waals surface area contributed by atoms with Crippen LogP contribution in [0.25, 0.3) is 0 Å². The third kappa shape index (κ3) is 6.42. The molecule has 3 aromatic rings. The zero-order chi connectivity index (χ0) is 25.2. The van der Waals surface area contributed by atoms with Crippen LogP contribution in [0, 0.1) is 0 Å². The molecule has 0 spiro atoms. The van der Waals surface area contributed by atoms with Gasteiger partial charge in [-0.2, -0.15) is 0 Å². The number of ether oxygens (including phenoxy) is 1. The van der Waals surface area contributed by atoms with E-state index in [1.807, 2.05) is 0 Å². The largest absolute Gasteiger partial charge is 0.497 e. The summed E-state index contributed by atoms with van der Waals surface area (Å²) >= 11 is 0. The monoisotopic (exact) mass is 478 g/mol. The van der Waals surface area contributed by atoms with Crippen LogP contribution in [0.1, 0.15) is 54.0 Å². The quantitative estimate of drug-likeness (QED) is 0.311. The van der Waals surface area contributed by atoms with E-state index in [4.69, 9.17) is 4.74 Å². The first-order valence-electron chi connectivity index (χ1n) is 13.0. The number of allylic oxidation sites excluding steroid dienone is 6. The Morgan fingerprint density at radius 2 is 1.19 bits per heavy atom. The van der Waals surface area contributed by atoms with Gasteiger partial charge in [-0.25, -0.2) is 0 Å². The Kier molecular flexibility index (Phi) is 9.32. The van der Waals surface area contributed by atoms with Crippen molar-refractivity contribution < 1.29 is 4.74 Å². The van der Waals surface area contributed by atoms with Gasteiger partial charge in [0.25, 0.3) is 0 Å². The molecule has 3 aromatic carbocycles. The second-order valence-corrected chi connectivity index (χ2v) is 9.16.